The van der Waals surface area contributed by atoms with E-state index >= 15 is 0 Å². The molecule has 0 bridgehead atoms. The molecule has 3 heteroatoms. The number of rotatable bonds is 4. The van der Waals surface area contributed by atoms with Crippen LogP contribution in [0.15, 0.2) is 42.5 Å². The Hall–Kier alpha value is -2.29. The van der Waals surface area contributed by atoms with Gasteiger partial charge in [-0.05, 0) is 31.5 Å². The maximum atomic E-state index is 10.8. The number of ether oxygens (including phenoxy) is 1. The van der Waals surface area contributed by atoms with E-state index in [1.807, 2.05) is 44.2 Å². The van der Waals surface area contributed by atoms with Crippen molar-refractivity contribution in [1.29, 1.82) is 0 Å². The maximum absolute atomic E-state index is 10.8. The zero-order valence-electron chi connectivity index (χ0n) is 11.0. The van der Waals surface area contributed by atoms with Crippen molar-refractivity contribution in [3.63, 3.8) is 0 Å². The van der Waals surface area contributed by atoms with Crippen LogP contribution in [0, 0.1) is 13.8 Å². The number of carboxylic acid groups (broad SMARTS) is 1. The monoisotopic (exact) mass is 256 g/mol. The molecular formula is C16H16O3. The van der Waals surface area contributed by atoms with Gasteiger partial charge in [0.1, 0.15) is 11.5 Å². The molecule has 19 heavy (non-hydrogen) atoms. The van der Waals surface area contributed by atoms with Crippen molar-refractivity contribution in [2.45, 2.75) is 20.3 Å². The molecule has 3 nitrogen and oxygen atoms in total. The van der Waals surface area contributed by atoms with E-state index < -0.39 is 5.97 Å². The molecule has 1 N–H and O–H groups in total. The minimum absolute atomic E-state index is 0.0406. The summed E-state index contributed by atoms with van der Waals surface area (Å²) in [6.07, 6.45) is -0.0406. The molecule has 0 saturated heterocycles. The van der Waals surface area contributed by atoms with Crippen molar-refractivity contribution >= 4 is 5.97 Å². The molecule has 0 aliphatic heterocycles. The summed E-state index contributed by atoms with van der Waals surface area (Å²) in [5.41, 5.74) is 2.88. The van der Waals surface area contributed by atoms with E-state index in [2.05, 4.69) is 0 Å². The lowest BCUT2D eigenvalue weighted by atomic mass is 10.1. The molecule has 98 valence electrons. The second-order valence-electron chi connectivity index (χ2n) is 4.55. The number of hydrogen-bond acceptors (Lipinski definition) is 2. The number of hydrogen-bond donors (Lipinski definition) is 1. The second-order valence-corrected chi connectivity index (χ2v) is 4.55. The Labute approximate surface area is 112 Å². The van der Waals surface area contributed by atoms with E-state index in [1.54, 1.807) is 12.1 Å². The van der Waals surface area contributed by atoms with Gasteiger partial charge in [0, 0.05) is 5.56 Å². The highest BCUT2D eigenvalue weighted by molar-refractivity contribution is 5.71. The van der Waals surface area contributed by atoms with Gasteiger partial charge in [0.25, 0.3) is 0 Å². The highest BCUT2D eigenvalue weighted by Gasteiger charge is 2.09. The molecule has 0 fully saturated rings. The molecule has 2 aromatic carbocycles. The lowest BCUT2D eigenvalue weighted by Gasteiger charge is -2.12. The van der Waals surface area contributed by atoms with Gasteiger partial charge in [-0.25, -0.2) is 0 Å². The topological polar surface area (TPSA) is 46.5 Å². The average molecular weight is 256 g/mol. The second kappa shape index (κ2) is 5.57. The van der Waals surface area contributed by atoms with E-state index in [0.29, 0.717) is 11.3 Å². The van der Waals surface area contributed by atoms with Crippen LogP contribution in [0.25, 0.3) is 0 Å². The first kappa shape index (κ1) is 13.1. The molecule has 0 aromatic heterocycles. The number of aryl methyl sites for hydroxylation is 2. The van der Waals surface area contributed by atoms with Crippen molar-refractivity contribution in [2.75, 3.05) is 0 Å². The third-order valence-corrected chi connectivity index (χ3v) is 2.86. The SMILES string of the molecule is Cc1ccc(Oc2ccccc2CC(=O)O)c(C)c1. The van der Waals surface area contributed by atoms with Crippen molar-refractivity contribution in [3.05, 3.63) is 59.2 Å². The summed E-state index contributed by atoms with van der Waals surface area (Å²) in [4.78, 5) is 10.8. The molecule has 0 saturated carbocycles. The fourth-order valence-electron chi connectivity index (χ4n) is 1.94. The van der Waals surface area contributed by atoms with Crippen molar-refractivity contribution in [1.82, 2.24) is 0 Å². The summed E-state index contributed by atoms with van der Waals surface area (Å²) < 4.78 is 5.83. The van der Waals surface area contributed by atoms with Crippen LogP contribution in [-0.2, 0) is 11.2 Å². The van der Waals surface area contributed by atoms with Gasteiger partial charge in [-0.1, -0.05) is 35.9 Å². The summed E-state index contributed by atoms with van der Waals surface area (Å²) in [6.45, 7) is 4.00. The van der Waals surface area contributed by atoms with Crippen LogP contribution in [0.4, 0.5) is 0 Å². The molecule has 0 heterocycles. The lowest BCUT2D eigenvalue weighted by molar-refractivity contribution is -0.136. The van der Waals surface area contributed by atoms with Gasteiger partial charge < -0.3 is 9.84 Å². The molecule has 0 amide bonds. The van der Waals surface area contributed by atoms with E-state index in [4.69, 9.17) is 9.84 Å². The van der Waals surface area contributed by atoms with Gasteiger partial charge in [-0.3, -0.25) is 4.79 Å². The maximum Gasteiger partial charge on any atom is 0.307 e. The van der Waals surface area contributed by atoms with Crippen LogP contribution in [0.3, 0.4) is 0 Å². The minimum atomic E-state index is -0.864. The number of para-hydroxylation sites is 1. The van der Waals surface area contributed by atoms with E-state index in [1.165, 1.54) is 5.56 Å². The van der Waals surface area contributed by atoms with Gasteiger partial charge in [0.15, 0.2) is 0 Å². The quantitative estimate of drug-likeness (QED) is 0.906. The summed E-state index contributed by atoms with van der Waals surface area (Å²) >= 11 is 0. The Kier molecular flexibility index (Phi) is 3.85. The Balaban J connectivity index is 2.30. The molecule has 0 radical (unpaired) electrons. The van der Waals surface area contributed by atoms with Gasteiger partial charge in [-0.2, -0.15) is 0 Å². The molecule has 2 aromatic rings. The van der Waals surface area contributed by atoms with Gasteiger partial charge >= 0.3 is 5.97 Å². The van der Waals surface area contributed by atoms with E-state index in [0.717, 1.165) is 11.3 Å². The van der Waals surface area contributed by atoms with Crippen LogP contribution >= 0.6 is 0 Å². The number of aliphatic carboxylic acids is 1. The molecular weight excluding hydrogens is 240 g/mol. The Morgan fingerprint density at radius 1 is 1.11 bits per heavy atom. The first-order valence-corrected chi connectivity index (χ1v) is 6.11. The molecule has 0 aliphatic rings. The number of benzene rings is 2. The summed E-state index contributed by atoms with van der Waals surface area (Å²) in [5.74, 6) is 0.483. The lowest BCUT2D eigenvalue weighted by Crippen LogP contribution is -2.02. The predicted molar refractivity (Wildman–Crippen MR) is 73.8 cm³/mol. The Morgan fingerprint density at radius 2 is 1.84 bits per heavy atom. The fourth-order valence-corrected chi connectivity index (χ4v) is 1.94. The third kappa shape index (κ3) is 3.35. The van der Waals surface area contributed by atoms with E-state index in [9.17, 15) is 4.79 Å². The molecule has 0 atom stereocenters. The number of carboxylic acids is 1. The molecule has 0 unspecified atom stereocenters. The fraction of sp³-hybridized carbons (Fsp3) is 0.188. The summed E-state index contributed by atoms with van der Waals surface area (Å²) in [6, 6.07) is 13.1. The Morgan fingerprint density at radius 3 is 2.53 bits per heavy atom. The largest absolute Gasteiger partial charge is 0.481 e. The first-order valence-electron chi connectivity index (χ1n) is 6.11. The van der Waals surface area contributed by atoms with Gasteiger partial charge in [-0.15, -0.1) is 0 Å². The van der Waals surface area contributed by atoms with Gasteiger partial charge in [0.05, 0.1) is 6.42 Å². The van der Waals surface area contributed by atoms with Gasteiger partial charge in [0.2, 0.25) is 0 Å². The summed E-state index contributed by atoms with van der Waals surface area (Å²) in [7, 11) is 0. The molecule has 2 rings (SSSR count). The highest BCUT2D eigenvalue weighted by Crippen LogP contribution is 2.28. The van der Waals surface area contributed by atoms with Crippen LogP contribution < -0.4 is 4.74 Å². The normalized spacial score (nSPS) is 10.2. The zero-order valence-corrected chi connectivity index (χ0v) is 11.0. The van der Waals surface area contributed by atoms with Crippen LogP contribution in [-0.4, -0.2) is 11.1 Å². The smallest absolute Gasteiger partial charge is 0.307 e. The van der Waals surface area contributed by atoms with Crippen LogP contribution in [0.1, 0.15) is 16.7 Å². The van der Waals surface area contributed by atoms with Crippen LogP contribution in [0.5, 0.6) is 11.5 Å². The predicted octanol–water partition coefficient (Wildman–Crippen LogP) is 3.72. The third-order valence-electron chi connectivity index (χ3n) is 2.86. The standard InChI is InChI=1S/C16H16O3/c1-11-7-8-14(12(2)9-11)19-15-6-4-3-5-13(15)10-16(17)18/h3-9H,10H2,1-2H3,(H,17,18). The molecule has 0 aliphatic carbocycles. The van der Waals surface area contributed by atoms with Crippen molar-refractivity contribution in [3.8, 4) is 11.5 Å². The first-order chi connectivity index (χ1) is 9.06. The highest BCUT2D eigenvalue weighted by atomic mass is 16.5. The Bertz CT molecular complexity index is 603. The van der Waals surface area contributed by atoms with Crippen molar-refractivity contribution < 1.29 is 14.6 Å². The van der Waals surface area contributed by atoms with Crippen molar-refractivity contribution in [2.24, 2.45) is 0 Å². The number of carbonyl (C=O) groups is 1. The zero-order chi connectivity index (χ0) is 13.8. The summed E-state index contributed by atoms with van der Waals surface area (Å²) in [5, 5.41) is 8.89. The van der Waals surface area contributed by atoms with E-state index in [-0.39, 0.29) is 6.42 Å². The average Bonchev–Trinajstić information content (AvgIpc) is 2.34. The minimum Gasteiger partial charge on any atom is -0.481 e. The molecule has 0 spiro atoms. The van der Waals surface area contributed by atoms with Crippen LogP contribution in [0.2, 0.25) is 0 Å².